The standard InChI is InChI=1S/C24H25NO3S/c1-16-11-17(2)13-21(12-16)22(26)25-24(3,23(27)28-4)14-18-5-7-19(8-6-18)20-9-10-29-15-20/h5-13,15H,14H2,1-4H3,(H,25,26)/t24-/m0/s1. The van der Waals surface area contributed by atoms with Crippen molar-refractivity contribution in [1.29, 1.82) is 0 Å². The van der Waals surface area contributed by atoms with Crippen LogP contribution in [0.25, 0.3) is 11.1 Å². The van der Waals surface area contributed by atoms with Crippen LogP contribution in [0, 0.1) is 13.8 Å². The van der Waals surface area contributed by atoms with Crippen LogP contribution in [0.2, 0.25) is 0 Å². The number of carbonyl (C=O) groups is 2. The van der Waals surface area contributed by atoms with E-state index in [1.54, 1.807) is 18.3 Å². The Balaban J connectivity index is 1.82. The number of esters is 1. The van der Waals surface area contributed by atoms with Gasteiger partial charge in [0, 0.05) is 12.0 Å². The minimum absolute atomic E-state index is 0.292. The van der Waals surface area contributed by atoms with Crippen LogP contribution in [0.1, 0.15) is 34.0 Å². The number of thiophene rings is 1. The summed E-state index contributed by atoms with van der Waals surface area (Å²) in [7, 11) is 1.34. The molecular formula is C24H25NO3S. The Morgan fingerprint density at radius 2 is 1.66 bits per heavy atom. The van der Waals surface area contributed by atoms with Crippen LogP contribution >= 0.6 is 11.3 Å². The Morgan fingerprint density at radius 1 is 1.00 bits per heavy atom. The van der Waals surface area contributed by atoms with Crippen molar-refractivity contribution in [2.45, 2.75) is 32.7 Å². The topological polar surface area (TPSA) is 55.4 Å². The van der Waals surface area contributed by atoms with Gasteiger partial charge in [-0.15, -0.1) is 0 Å². The van der Waals surface area contributed by atoms with E-state index in [0.717, 1.165) is 22.3 Å². The SMILES string of the molecule is COC(=O)[C@](C)(Cc1ccc(-c2ccsc2)cc1)NC(=O)c1cc(C)cc(C)c1. The third-order valence-corrected chi connectivity index (χ3v) is 5.56. The van der Waals surface area contributed by atoms with Crippen molar-refractivity contribution in [2.75, 3.05) is 7.11 Å². The molecule has 0 aliphatic heterocycles. The van der Waals surface area contributed by atoms with E-state index < -0.39 is 11.5 Å². The van der Waals surface area contributed by atoms with E-state index in [9.17, 15) is 9.59 Å². The fourth-order valence-electron chi connectivity index (χ4n) is 3.47. The molecule has 150 valence electrons. The molecule has 0 radical (unpaired) electrons. The molecule has 0 aliphatic rings. The number of rotatable bonds is 6. The first-order valence-electron chi connectivity index (χ1n) is 9.41. The van der Waals surface area contributed by atoms with Crippen LogP contribution in [0.15, 0.2) is 59.3 Å². The summed E-state index contributed by atoms with van der Waals surface area (Å²) >= 11 is 1.65. The summed E-state index contributed by atoms with van der Waals surface area (Å²) in [5.41, 5.74) is 4.59. The summed E-state index contributed by atoms with van der Waals surface area (Å²) in [6.45, 7) is 5.59. The van der Waals surface area contributed by atoms with Gasteiger partial charge in [-0.05, 0) is 66.4 Å². The smallest absolute Gasteiger partial charge is 0.331 e. The summed E-state index contributed by atoms with van der Waals surface area (Å²) in [6, 6.07) is 15.7. The van der Waals surface area contributed by atoms with Crippen molar-refractivity contribution in [1.82, 2.24) is 5.32 Å². The fourth-order valence-corrected chi connectivity index (χ4v) is 4.14. The zero-order valence-corrected chi connectivity index (χ0v) is 17.9. The normalized spacial score (nSPS) is 12.8. The van der Waals surface area contributed by atoms with Crippen molar-refractivity contribution in [3.8, 4) is 11.1 Å². The van der Waals surface area contributed by atoms with Gasteiger partial charge in [0.1, 0.15) is 5.54 Å². The van der Waals surface area contributed by atoms with Crippen LogP contribution in [-0.4, -0.2) is 24.5 Å². The first-order valence-corrected chi connectivity index (χ1v) is 10.4. The second kappa shape index (κ2) is 8.62. The summed E-state index contributed by atoms with van der Waals surface area (Å²) < 4.78 is 5.00. The molecule has 3 aromatic rings. The minimum Gasteiger partial charge on any atom is -0.467 e. The van der Waals surface area contributed by atoms with Crippen LogP contribution in [0.5, 0.6) is 0 Å². The van der Waals surface area contributed by atoms with Gasteiger partial charge in [-0.1, -0.05) is 41.5 Å². The summed E-state index contributed by atoms with van der Waals surface area (Å²) in [4.78, 5) is 25.4. The van der Waals surface area contributed by atoms with E-state index in [-0.39, 0.29) is 5.91 Å². The van der Waals surface area contributed by atoms with Gasteiger partial charge in [-0.2, -0.15) is 11.3 Å². The lowest BCUT2D eigenvalue weighted by atomic mass is 9.91. The van der Waals surface area contributed by atoms with Gasteiger partial charge in [0.05, 0.1) is 7.11 Å². The Bertz CT molecular complexity index is 989. The highest BCUT2D eigenvalue weighted by Crippen LogP contribution is 2.24. The second-order valence-electron chi connectivity index (χ2n) is 7.54. The van der Waals surface area contributed by atoms with E-state index in [0.29, 0.717) is 12.0 Å². The molecule has 5 heteroatoms. The number of nitrogens with one attached hydrogen (secondary N) is 1. The van der Waals surface area contributed by atoms with Crippen molar-refractivity contribution >= 4 is 23.2 Å². The molecule has 1 amide bonds. The molecule has 1 N–H and O–H groups in total. The van der Waals surface area contributed by atoms with Crippen molar-refractivity contribution in [3.05, 3.63) is 81.5 Å². The molecule has 0 saturated carbocycles. The predicted molar refractivity (Wildman–Crippen MR) is 117 cm³/mol. The second-order valence-corrected chi connectivity index (χ2v) is 8.32. The highest BCUT2D eigenvalue weighted by Gasteiger charge is 2.36. The van der Waals surface area contributed by atoms with Gasteiger partial charge >= 0.3 is 5.97 Å². The average Bonchev–Trinajstić information content (AvgIpc) is 3.21. The molecule has 0 unspecified atom stereocenters. The minimum atomic E-state index is -1.17. The van der Waals surface area contributed by atoms with Gasteiger partial charge in [-0.25, -0.2) is 4.79 Å². The maximum Gasteiger partial charge on any atom is 0.331 e. The molecule has 0 bridgehead atoms. The van der Waals surface area contributed by atoms with E-state index in [2.05, 4.69) is 16.8 Å². The number of amides is 1. The van der Waals surface area contributed by atoms with Crippen LogP contribution < -0.4 is 5.32 Å². The molecular weight excluding hydrogens is 382 g/mol. The third-order valence-electron chi connectivity index (χ3n) is 4.88. The maximum absolute atomic E-state index is 12.9. The number of ether oxygens (including phenoxy) is 1. The van der Waals surface area contributed by atoms with Gasteiger partial charge in [-0.3, -0.25) is 4.79 Å². The third kappa shape index (κ3) is 4.93. The van der Waals surface area contributed by atoms with Gasteiger partial charge in [0.25, 0.3) is 5.91 Å². The van der Waals surface area contributed by atoms with E-state index in [1.807, 2.05) is 61.7 Å². The molecule has 1 heterocycles. The molecule has 0 aliphatic carbocycles. The lowest BCUT2D eigenvalue weighted by Crippen LogP contribution is -2.54. The summed E-state index contributed by atoms with van der Waals surface area (Å²) in [5.74, 6) is -0.767. The molecule has 1 atom stereocenters. The van der Waals surface area contributed by atoms with E-state index >= 15 is 0 Å². The molecule has 1 aromatic heterocycles. The number of methoxy groups -OCH3 is 1. The summed E-state index contributed by atoms with van der Waals surface area (Å²) in [6.07, 6.45) is 0.333. The van der Waals surface area contributed by atoms with Crippen molar-refractivity contribution in [2.24, 2.45) is 0 Å². The largest absolute Gasteiger partial charge is 0.467 e. The van der Waals surface area contributed by atoms with Gasteiger partial charge in [0.15, 0.2) is 0 Å². The van der Waals surface area contributed by atoms with Crippen molar-refractivity contribution in [3.63, 3.8) is 0 Å². The number of benzene rings is 2. The van der Waals surface area contributed by atoms with E-state index in [4.69, 9.17) is 4.74 Å². The Hall–Kier alpha value is -2.92. The molecule has 4 nitrogen and oxygen atoms in total. The number of carbonyl (C=O) groups excluding carboxylic acids is 2. The molecule has 29 heavy (non-hydrogen) atoms. The fraction of sp³-hybridized carbons (Fsp3) is 0.250. The monoisotopic (exact) mass is 407 g/mol. The zero-order valence-electron chi connectivity index (χ0n) is 17.1. The predicted octanol–water partition coefficient (Wildman–Crippen LogP) is 4.94. The van der Waals surface area contributed by atoms with Crippen LogP contribution in [0.4, 0.5) is 0 Å². The average molecular weight is 408 g/mol. The molecule has 2 aromatic carbocycles. The first-order chi connectivity index (χ1) is 13.8. The highest BCUT2D eigenvalue weighted by molar-refractivity contribution is 7.08. The molecule has 0 spiro atoms. The Labute approximate surface area is 175 Å². The number of hydrogen-bond acceptors (Lipinski definition) is 4. The number of hydrogen-bond donors (Lipinski definition) is 1. The van der Waals surface area contributed by atoms with Crippen LogP contribution in [-0.2, 0) is 16.0 Å². The molecule has 0 fully saturated rings. The Kier molecular flexibility index (Phi) is 6.18. The van der Waals surface area contributed by atoms with Gasteiger partial charge in [0.2, 0.25) is 0 Å². The first kappa shape index (κ1) is 20.8. The Morgan fingerprint density at radius 3 is 2.21 bits per heavy atom. The quantitative estimate of drug-likeness (QED) is 0.589. The lowest BCUT2D eigenvalue weighted by molar-refractivity contribution is -0.147. The van der Waals surface area contributed by atoms with E-state index in [1.165, 1.54) is 12.7 Å². The highest BCUT2D eigenvalue weighted by atomic mass is 32.1. The van der Waals surface area contributed by atoms with Gasteiger partial charge < -0.3 is 10.1 Å². The summed E-state index contributed by atoms with van der Waals surface area (Å²) in [5, 5.41) is 7.03. The maximum atomic E-state index is 12.9. The lowest BCUT2D eigenvalue weighted by Gasteiger charge is -2.28. The molecule has 3 rings (SSSR count). The zero-order chi connectivity index (χ0) is 21.0. The van der Waals surface area contributed by atoms with Crippen molar-refractivity contribution < 1.29 is 14.3 Å². The van der Waals surface area contributed by atoms with Crippen LogP contribution in [0.3, 0.4) is 0 Å². The molecule has 0 saturated heterocycles. The number of aryl methyl sites for hydroxylation is 2.